The smallest absolute Gasteiger partial charge is 0.222 e. The van der Waals surface area contributed by atoms with Crippen LogP contribution in [0, 0.1) is 13.8 Å². The number of carbonyl (C=O) groups excluding carboxylic acids is 1. The van der Waals surface area contributed by atoms with Gasteiger partial charge in [0.15, 0.2) is 5.65 Å². The third-order valence-electron chi connectivity index (χ3n) is 5.05. The van der Waals surface area contributed by atoms with Crippen molar-refractivity contribution in [2.24, 2.45) is 0 Å². The summed E-state index contributed by atoms with van der Waals surface area (Å²) in [6.07, 6.45) is 1.08. The minimum Gasteiger partial charge on any atom is -0.341 e. The minimum absolute atomic E-state index is 0.106. The third-order valence-corrected chi connectivity index (χ3v) is 6.27. The fourth-order valence-electron chi connectivity index (χ4n) is 3.52. The highest BCUT2D eigenvalue weighted by Crippen LogP contribution is 2.24. The van der Waals surface area contributed by atoms with Gasteiger partial charge in [-0.15, -0.1) is 11.3 Å². The van der Waals surface area contributed by atoms with Crippen LogP contribution in [0.1, 0.15) is 28.2 Å². The van der Waals surface area contributed by atoms with Crippen LogP contribution >= 0.6 is 22.9 Å². The summed E-state index contributed by atoms with van der Waals surface area (Å²) in [7, 11) is 1.83. The maximum absolute atomic E-state index is 12.6. The SMILES string of the molecule is Cc1nc2c3ccccc3nn2c(C)c1CCC(=O)N(C)Cc1ccc(Cl)s1. The van der Waals surface area contributed by atoms with Crippen LogP contribution in [0.5, 0.6) is 0 Å². The van der Waals surface area contributed by atoms with Crippen molar-refractivity contribution in [3.63, 3.8) is 0 Å². The number of benzene rings is 1. The molecule has 28 heavy (non-hydrogen) atoms. The summed E-state index contributed by atoms with van der Waals surface area (Å²) in [5.41, 5.74) is 4.88. The van der Waals surface area contributed by atoms with Gasteiger partial charge in [0.05, 0.1) is 16.4 Å². The lowest BCUT2D eigenvalue weighted by Crippen LogP contribution is -2.26. The van der Waals surface area contributed by atoms with E-state index in [0.717, 1.165) is 42.7 Å². The standard InChI is InChI=1S/C21H21ClN4OS/c1-13-16(9-11-20(27)25(3)12-15-8-10-19(22)28-15)14(2)26-21(23-13)17-6-4-5-7-18(17)24-26/h4-8,10H,9,11-12H2,1-3H3. The van der Waals surface area contributed by atoms with Crippen LogP contribution in [0.25, 0.3) is 16.6 Å². The van der Waals surface area contributed by atoms with E-state index >= 15 is 0 Å². The molecule has 0 saturated heterocycles. The predicted octanol–water partition coefficient (Wildman–Crippen LogP) is 4.81. The second-order valence-corrected chi connectivity index (χ2v) is 8.77. The summed E-state index contributed by atoms with van der Waals surface area (Å²) in [5, 5.41) is 5.73. The van der Waals surface area contributed by atoms with Crippen LogP contribution in [-0.2, 0) is 17.8 Å². The number of thiophene rings is 1. The number of nitrogens with zero attached hydrogens (tertiary/aromatic N) is 4. The van der Waals surface area contributed by atoms with Crippen molar-refractivity contribution in [3.05, 3.63) is 62.6 Å². The van der Waals surface area contributed by atoms with Gasteiger partial charge in [-0.2, -0.15) is 5.10 Å². The molecule has 1 aromatic carbocycles. The Balaban J connectivity index is 1.54. The van der Waals surface area contributed by atoms with Crippen molar-refractivity contribution in [3.8, 4) is 0 Å². The highest BCUT2D eigenvalue weighted by atomic mass is 35.5. The molecular weight excluding hydrogens is 392 g/mol. The average molecular weight is 413 g/mol. The fourth-order valence-corrected chi connectivity index (χ4v) is 4.66. The van der Waals surface area contributed by atoms with Gasteiger partial charge in [-0.1, -0.05) is 23.7 Å². The Morgan fingerprint density at radius 3 is 2.75 bits per heavy atom. The summed E-state index contributed by atoms with van der Waals surface area (Å²) >= 11 is 7.48. The molecule has 0 unspecified atom stereocenters. The number of rotatable bonds is 5. The maximum atomic E-state index is 12.6. The molecule has 3 heterocycles. The van der Waals surface area contributed by atoms with E-state index in [-0.39, 0.29) is 5.91 Å². The van der Waals surface area contributed by atoms with Crippen LogP contribution in [0.2, 0.25) is 4.34 Å². The summed E-state index contributed by atoms with van der Waals surface area (Å²) in [5.74, 6) is 0.106. The van der Waals surface area contributed by atoms with Crippen LogP contribution in [0.15, 0.2) is 36.4 Å². The lowest BCUT2D eigenvalue weighted by molar-refractivity contribution is -0.130. The van der Waals surface area contributed by atoms with Crippen molar-refractivity contribution in [1.82, 2.24) is 19.5 Å². The van der Waals surface area contributed by atoms with E-state index in [1.807, 2.05) is 61.8 Å². The molecule has 0 saturated carbocycles. The Kier molecular flexibility index (Phi) is 5.08. The van der Waals surface area contributed by atoms with Crippen molar-refractivity contribution in [1.29, 1.82) is 0 Å². The van der Waals surface area contributed by atoms with Crippen LogP contribution < -0.4 is 0 Å². The predicted molar refractivity (Wildman–Crippen MR) is 114 cm³/mol. The molecule has 7 heteroatoms. The topological polar surface area (TPSA) is 50.5 Å². The molecule has 0 aliphatic carbocycles. The number of halogens is 1. The number of fused-ring (bicyclic) bond motifs is 3. The Labute approximate surface area is 172 Å². The normalized spacial score (nSPS) is 11.4. The summed E-state index contributed by atoms with van der Waals surface area (Å²) < 4.78 is 2.64. The third kappa shape index (κ3) is 3.50. The number of aryl methyl sites for hydroxylation is 2. The molecule has 0 spiro atoms. The molecule has 4 aromatic rings. The lowest BCUT2D eigenvalue weighted by atomic mass is 10.1. The van der Waals surface area contributed by atoms with Crippen LogP contribution in [0.3, 0.4) is 0 Å². The van der Waals surface area contributed by atoms with E-state index in [0.29, 0.717) is 19.4 Å². The summed E-state index contributed by atoms with van der Waals surface area (Å²) in [6, 6.07) is 11.8. The zero-order valence-electron chi connectivity index (χ0n) is 16.1. The molecule has 0 aliphatic rings. The molecule has 144 valence electrons. The number of carbonyl (C=O) groups is 1. The molecule has 1 amide bonds. The van der Waals surface area contributed by atoms with Gasteiger partial charge in [-0.25, -0.2) is 9.50 Å². The number of hydrogen-bond donors (Lipinski definition) is 0. The van der Waals surface area contributed by atoms with Gasteiger partial charge in [0.1, 0.15) is 0 Å². The van der Waals surface area contributed by atoms with E-state index in [9.17, 15) is 4.79 Å². The van der Waals surface area contributed by atoms with Gasteiger partial charge in [0.25, 0.3) is 0 Å². The van der Waals surface area contributed by atoms with Gasteiger partial charge in [-0.3, -0.25) is 4.79 Å². The molecule has 0 radical (unpaired) electrons. The quantitative estimate of drug-likeness (QED) is 0.472. The molecule has 5 nitrogen and oxygen atoms in total. The zero-order valence-corrected chi connectivity index (χ0v) is 17.6. The second-order valence-electron chi connectivity index (χ2n) is 6.97. The average Bonchev–Trinajstić information content (AvgIpc) is 3.25. The highest BCUT2D eigenvalue weighted by Gasteiger charge is 2.16. The largest absolute Gasteiger partial charge is 0.341 e. The molecule has 0 bridgehead atoms. The van der Waals surface area contributed by atoms with Crippen molar-refractivity contribution < 1.29 is 4.79 Å². The zero-order chi connectivity index (χ0) is 19.8. The van der Waals surface area contributed by atoms with Gasteiger partial charge < -0.3 is 4.90 Å². The summed E-state index contributed by atoms with van der Waals surface area (Å²) in [4.78, 5) is 20.2. The molecule has 4 rings (SSSR count). The van der Waals surface area contributed by atoms with Crippen LogP contribution in [-0.4, -0.2) is 32.5 Å². The first kappa shape index (κ1) is 18.9. The van der Waals surface area contributed by atoms with E-state index < -0.39 is 0 Å². The fraction of sp³-hybridized carbons (Fsp3) is 0.286. The molecule has 0 atom stereocenters. The van der Waals surface area contributed by atoms with Gasteiger partial charge in [0.2, 0.25) is 5.91 Å². The molecule has 3 aromatic heterocycles. The first-order valence-corrected chi connectivity index (χ1v) is 10.3. The van der Waals surface area contributed by atoms with Gasteiger partial charge >= 0.3 is 0 Å². The minimum atomic E-state index is 0.106. The molecular formula is C21H21ClN4OS. The number of aromatic nitrogens is 3. The lowest BCUT2D eigenvalue weighted by Gasteiger charge is -2.17. The molecule has 0 aliphatic heterocycles. The summed E-state index contributed by atoms with van der Waals surface area (Å²) in [6.45, 7) is 4.63. The Hall–Kier alpha value is -2.44. The van der Waals surface area contributed by atoms with Crippen LogP contribution in [0.4, 0.5) is 0 Å². The number of hydrogen-bond acceptors (Lipinski definition) is 4. The van der Waals surface area contributed by atoms with Gasteiger partial charge in [0, 0.05) is 35.1 Å². The Morgan fingerprint density at radius 2 is 2.00 bits per heavy atom. The van der Waals surface area contributed by atoms with Crippen molar-refractivity contribution in [2.45, 2.75) is 33.2 Å². The Bertz CT molecular complexity index is 1180. The second kappa shape index (κ2) is 7.53. The maximum Gasteiger partial charge on any atom is 0.222 e. The van der Waals surface area contributed by atoms with E-state index in [4.69, 9.17) is 16.6 Å². The van der Waals surface area contributed by atoms with Gasteiger partial charge in [-0.05, 0) is 50.1 Å². The van der Waals surface area contributed by atoms with E-state index in [1.54, 1.807) is 4.90 Å². The first-order chi connectivity index (χ1) is 13.4. The van der Waals surface area contributed by atoms with Crippen molar-refractivity contribution >= 4 is 45.4 Å². The molecule has 0 N–H and O–H groups in total. The monoisotopic (exact) mass is 412 g/mol. The highest BCUT2D eigenvalue weighted by molar-refractivity contribution is 7.16. The van der Waals surface area contributed by atoms with E-state index in [1.165, 1.54) is 11.3 Å². The van der Waals surface area contributed by atoms with Crippen molar-refractivity contribution in [2.75, 3.05) is 7.05 Å². The Morgan fingerprint density at radius 1 is 1.21 bits per heavy atom. The van der Waals surface area contributed by atoms with E-state index in [2.05, 4.69) is 5.10 Å². The number of amides is 1. The molecule has 0 fully saturated rings. The first-order valence-electron chi connectivity index (χ1n) is 9.16.